The van der Waals surface area contributed by atoms with Crippen molar-refractivity contribution in [1.82, 2.24) is 4.72 Å². The van der Waals surface area contributed by atoms with Gasteiger partial charge in [0, 0.05) is 6.54 Å². The molecular formula is C17H19NO4S. The molecule has 0 saturated carbocycles. The first kappa shape index (κ1) is 17.2. The van der Waals surface area contributed by atoms with Gasteiger partial charge >= 0.3 is 5.97 Å². The van der Waals surface area contributed by atoms with Crippen LogP contribution in [0.15, 0.2) is 59.5 Å². The Morgan fingerprint density at radius 3 is 2.48 bits per heavy atom. The van der Waals surface area contributed by atoms with E-state index in [9.17, 15) is 13.2 Å². The van der Waals surface area contributed by atoms with Crippen LogP contribution >= 0.6 is 0 Å². The number of methoxy groups -OCH3 is 1. The van der Waals surface area contributed by atoms with Gasteiger partial charge in [-0.2, -0.15) is 0 Å². The number of nitrogens with one attached hydrogen (secondary N) is 1. The summed E-state index contributed by atoms with van der Waals surface area (Å²) >= 11 is 0. The fourth-order valence-electron chi connectivity index (χ4n) is 2.13. The van der Waals surface area contributed by atoms with Crippen LogP contribution in [0.25, 0.3) is 0 Å². The lowest BCUT2D eigenvalue weighted by molar-refractivity contribution is 0.0600. The van der Waals surface area contributed by atoms with Gasteiger partial charge in [-0.1, -0.05) is 43.3 Å². The first-order valence-electron chi connectivity index (χ1n) is 7.17. The molecule has 0 saturated heterocycles. The summed E-state index contributed by atoms with van der Waals surface area (Å²) in [4.78, 5) is 11.5. The molecule has 0 unspecified atom stereocenters. The van der Waals surface area contributed by atoms with Crippen LogP contribution < -0.4 is 4.72 Å². The number of hydrogen-bond acceptors (Lipinski definition) is 4. The van der Waals surface area contributed by atoms with Gasteiger partial charge in [0.05, 0.1) is 17.6 Å². The molecule has 0 aromatic heterocycles. The van der Waals surface area contributed by atoms with Crippen molar-refractivity contribution in [2.24, 2.45) is 0 Å². The van der Waals surface area contributed by atoms with Gasteiger partial charge in [0.25, 0.3) is 0 Å². The van der Waals surface area contributed by atoms with Crippen molar-refractivity contribution in [1.29, 1.82) is 0 Å². The van der Waals surface area contributed by atoms with Gasteiger partial charge in [-0.15, -0.1) is 0 Å². The number of hydrogen-bond donors (Lipinski definition) is 1. The van der Waals surface area contributed by atoms with Crippen LogP contribution in [0.4, 0.5) is 0 Å². The summed E-state index contributed by atoms with van der Waals surface area (Å²) in [6.07, 6.45) is 0. The maximum absolute atomic E-state index is 12.4. The largest absolute Gasteiger partial charge is 0.465 e. The molecule has 0 aliphatic carbocycles. The summed E-state index contributed by atoms with van der Waals surface area (Å²) < 4.78 is 31.9. The molecule has 0 amide bonds. The molecular weight excluding hydrogens is 314 g/mol. The first-order chi connectivity index (χ1) is 10.9. The summed E-state index contributed by atoms with van der Waals surface area (Å²) in [5.74, 6) is -0.533. The molecule has 1 atom stereocenters. The Bertz CT molecular complexity index is 772. The Morgan fingerprint density at radius 2 is 1.83 bits per heavy atom. The molecule has 122 valence electrons. The average molecular weight is 333 g/mol. The average Bonchev–Trinajstić information content (AvgIpc) is 2.60. The lowest BCUT2D eigenvalue weighted by Crippen LogP contribution is -2.28. The minimum Gasteiger partial charge on any atom is -0.465 e. The van der Waals surface area contributed by atoms with E-state index in [0.717, 1.165) is 5.56 Å². The van der Waals surface area contributed by atoms with E-state index < -0.39 is 16.0 Å². The first-order valence-corrected chi connectivity index (χ1v) is 8.65. The second-order valence-corrected chi connectivity index (χ2v) is 6.95. The highest BCUT2D eigenvalue weighted by molar-refractivity contribution is 7.89. The summed E-state index contributed by atoms with van der Waals surface area (Å²) in [6, 6.07) is 15.4. The summed E-state index contributed by atoms with van der Waals surface area (Å²) in [5.41, 5.74) is 1.25. The number of esters is 1. The Hall–Kier alpha value is -2.18. The highest BCUT2D eigenvalue weighted by atomic mass is 32.2. The van der Waals surface area contributed by atoms with Crippen molar-refractivity contribution >= 4 is 16.0 Å². The lowest BCUT2D eigenvalue weighted by Gasteiger charge is -2.13. The number of carbonyl (C=O) groups is 1. The van der Waals surface area contributed by atoms with E-state index >= 15 is 0 Å². The van der Waals surface area contributed by atoms with Gasteiger partial charge in [0.15, 0.2) is 0 Å². The topological polar surface area (TPSA) is 72.5 Å². The number of benzene rings is 2. The van der Waals surface area contributed by atoms with E-state index in [4.69, 9.17) is 0 Å². The molecule has 2 rings (SSSR count). The van der Waals surface area contributed by atoms with E-state index in [1.54, 1.807) is 0 Å². The SMILES string of the molecule is COC(=O)c1cccc(S(=O)(=O)NC[C@@H](C)c2ccccc2)c1. The maximum Gasteiger partial charge on any atom is 0.337 e. The second-order valence-electron chi connectivity index (χ2n) is 5.18. The Labute approximate surface area is 136 Å². The quantitative estimate of drug-likeness (QED) is 0.825. The van der Waals surface area contributed by atoms with Gasteiger partial charge in [-0.25, -0.2) is 17.9 Å². The molecule has 0 spiro atoms. The Kier molecular flexibility index (Phi) is 5.52. The van der Waals surface area contributed by atoms with E-state index in [2.05, 4.69) is 9.46 Å². The molecule has 0 fully saturated rings. The monoisotopic (exact) mass is 333 g/mol. The normalized spacial score (nSPS) is 12.6. The van der Waals surface area contributed by atoms with Gasteiger partial charge in [0.2, 0.25) is 10.0 Å². The van der Waals surface area contributed by atoms with Gasteiger partial charge in [0.1, 0.15) is 0 Å². The zero-order valence-electron chi connectivity index (χ0n) is 13.0. The van der Waals surface area contributed by atoms with Crippen molar-refractivity contribution in [3.8, 4) is 0 Å². The Morgan fingerprint density at radius 1 is 1.13 bits per heavy atom. The highest BCUT2D eigenvalue weighted by Crippen LogP contribution is 2.16. The van der Waals surface area contributed by atoms with Crippen LogP contribution in [0.3, 0.4) is 0 Å². The molecule has 0 bridgehead atoms. The standard InChI is InChI=1S/C17H19NO4S/c1-13(14-7-4-3-5-8-14)12-18-23(20,21)16-10-6-9-15(11-16)17(19)22-2/h3-11,13,18H,12H2,1-2H3/t13-/m1/s1. The third-order valence-corrected chi connectivity index (χ3v) is 4.93. The van der Waals surface area contributed by atoms with E-state index in [1.807, 2.05) is 37.3 Å². The van der Waals surface area contributed by atoms with Crippen molar-refractivity contribution < 1.29 is 17.9 Å². The fourth-order valence-corrected chi connectivity index (χ4v) is 3.30. The smallest absolute Gasteiger partial charge is 0.337 e. The van der Waals surface area contributed by atoms with Crippen LogP contribution in [-0.2, 0) is 14.8 Å². The highest BCUT2D eigenvalue weighted by Gasteiger charge is 2.17. The summed E-state index contributed by atoms with van der Waals surface area (Å²) in [7, 11) is -2.43. The summed E-state index contributed by atoms with van der Waals surface area (Å²) in [5, 5.41) is 0. The molecule has 6 heteroatoms. The fraction of sp³-hybridized carbons (Fsp3) is 0.235. The molecule has 1 N–H and O–H groups in total. The van der Waals surface area contributed by atoms with Crippen LogP contribution in [0, 0.1) is 0 Å². The van der Waals surface area contributed by atoms with Gasteiger partial charge in [-0.3, -0.25) is 0 Å². The second kappa shape index (κ2) is 7.39. The molecule has 0 heterocycles. The van der Waals surface area contributed by atoms with Crippen molar-refractivity contribution in [2.45, 2.75) is 17.7 Å². The molecule has 0 aliphatic rings. The Balaban J connectivity index is 2.12. The number of ether oxygens (including phenoxy) is 1. The minimum absolute atomic E-state index is 0.0368. The zero-order chi connectivity index (χ0) is 16.9. The van der Waals surface area contributed by atoms with Crippen LogP contribution in [0.5, 0.6) is 0 Å². The van der Waals surface area contributed by atoms with Crippen molar-refractivity contribution in [2.75, 3.05) is 13.7 Å². The molecule has 5 nitrogen and oxygen atoms in total. The predicted octanol–water partition coefficient (Wildman–Crippen LogP) is 2.56. The van der Waals surface area contributed by atoms with Crippen LogP contribution in [0.1, 0.15) is 28.8 Å². The number of rotatable bonds is 6. The molecule has 2 aromatic carbocycles. The van der Waals surface area contributed by atoms with Crippen LogP contribution in [-0.4, -0.2) is 28.0 Å². The zero-order valence-corrected chi connectivity index (χ0v) is 13.8. The van der Waals surface area contributed by atoms with E-state index in [1.165, 1.54) is 31.4 Å². The number of carbonyl (C=O) groups excluding carboxylic acids is 1. The number of sulfonamides is 1. The predicted molar refractivity (Wildman–Crippen MR) is 87.8 cm³/mol. The summed E-state index contributed by atoms with van der Waals surface area (Å²) in [6.45, 7) is 2.22. The van der Waals surface area contributed by atoms with Crippen molar-refractivity contribution in [3.05, 3.63) is 65.7 Å². The third kappa shape index (κ3) is 4.40. The van der Waals surface area contributed by atoms with E-state index in [0.29, 0.717) is 0 Å². The minimum atomic E-state index is -3.69. The van der Waals surface area contributed by atoms with Crippen LogP contribution in [0.2, 0.25) is 0 Å². The molecule has 0 radical (unpaired) electrons. The molecule has 2 aromatic rings. The lowest BCUT2D eigenvalue weighted by atomic mass is 10.0. The van der Waals surface area contributed by atoms with Crippen molar-refractivity contribution in [3.63, 3.8) is 0 Å². The maximum atomic E-state index is 12.4. The molecule has 23 heavy (non-hydrogen) atoms. The molecule has 0 aliphatic heterocycles. The third-order valence-electron chi connectivity index (χ3n) is 3.51. The van der Waals surface area contributed by atoms with Gasteiger partial charge < -0.3 is 4.74 Å². The van der Waals surface area contributed by atoms with E-state index in [-0.39, 0.29) is 22.9 Å². The van der Waals surface area contributed by atoms with Gasteiger partial charge in [-0.05, 0) is 29.7 Å².